The number of aliphatic imine (C=N–C) groups is 1. The first kappa shape index (κ1) is 17.6. The average molecular weight is 309 g/mol. The van der Waals surface area contributed by atoms with Gasteiger partial charge in [0.15, 0.2) is 5.96 Å². The lowest BCUT2D eigenvalue weighted by Gasteiger charge is -2.38. The third-order valence-corrected chi connectivity index (χ3v) is 5.55. The Balaban J connectivity index is 1.73. The molecule has 2 fully saturated rings. The number of likely N-dealkylation sites (tertiary alicyclic amines) is 1. The van der Waals surface area contributed by atoms with Crippen LogP contribution in [0.2, 0.25) is 0 Å². The van der Waals surface area contributed by atoms with Gasteiger partial charge in [0, 0.05) is 32.2 Å². The van der Waals surface area contributed by atoms with E-state index in [1.54, 1.807) is 0 Å². The molecule has 2 rings (SSSR count). The summed E-state index contributed by atoms with van der Waals surface area (Å²) in [6, 6.07) is 0.643. The fraction of sp³-hybridized carbons (Fsp3) is 0.944. The summed E-state index contributed by atoms with van der Waals surface area (Å²) >= 11 is 0. The second-order valence-corrected chi connectivity index (χ2v) is 7.54. The maximum absolute atomic E-state index is 4.87. The zero-order valence-electron chi connectivity index (χ0n) is 15.2. The normalized spacial score (nSPS) is 21.0. The van der Waals surface area contributed by atoms with Gasteiger partial charge in [0.2, 0.25) is 0 Å². The van der Waals surface area contributed by atoms with E-state index in [-0.39, 0.29) is 0 Å². The van der Waals surface area contributed by atoms with E-state index in [0.717, 1.165) is 19.0 Å². The van der Waals surface area contributed by atoms with Gasteiger partial charge in [0.05, 0.1) is 0 Å². The van der Waals surface area contributed by atoms with Crippen LogP contribution < -0.4 is 5.32 Å². The first-order valence-electron chi connectivity index (χ1n) is 9.30. The molecule has 128 valence electrons. The third-order valence-electron chi connectivity index (χ3n) is 5.55. The SMILES string of the molecule is CCNC(=NCCCCN(C)C(C)C)N1CCC2(CCC2)C1. The van der Waals surface area contributed by atoms with E-state index in [4.69, 9.17) is 4.99 Å². The van der Waals surface area contributed by atoms with Crippen molar-refractivity contribution in [2.24, 2.45) is 10.4 Å². The molecule has 0 aromatic heterocycles. The van der Waals surface area contributed by atoms with E-state index < -0.39 is 0 Å². The third kappa shape index (κ3) is 4.61. The highest BCUT2D eigenvalue weighted by molar-refractivity contribution is 5.80. The Labute approximate surface area is 137 Å². The number of unbranched alkanes of at least 4 members (excludes halogenated alkanes) is 1. The van der Waals surface area contributed by atoms with Crippen molar-refractivity contribution in [3.8, 4) is 0 Å². The van der Waals surface area contributed by atoms with Gasteiger partial charge in [-0.1, -0.05) is 6.42 Å². The van der Waals surface area contributed by atoms with Gasteiger partial charge in [0.1, 0.15) is 0 Å². The highest BCUT2D eigenvalue weighted by atomic mass is 15.3. The van der Waals surface area contributed by atoms with Gasteiger partial charge in [-0.2, -0.15) is 0 Å². The lowest BCUT2D eigenvalue weighted by Crippen LogP contribution is -2.42. The van der Waals surface area contributed by atoms with Crippen molar-refractivity contribution < 1.29 is 0 Å². The van der Waals surface area contributed by atoms with Crippen LogP contribution in [0.3, 0.4) is 0 Å². The van der Waals surface area contributed by atoms with Gasteiger partial charge in [-0.25, -0.2) is 0 Å². The van der Waals surface area contributed by atoms with Gasteiger partial charge >= 0.3 is 0 Å². The predicted octanol–water partition coefficient (Wildman–Crippen LogP) is 2.95. The molecule has 1 saturated carbocycles. The Morgan fingerprint density at radius 3 is 2.59 bits per heavy atom. The first-order valence-corrected chi connectivity index (χ1v) is 9.30. The molecule has 4 nitrogen and oxygen atoms in total. The highest BCUT2D eigenvalue weighted by Crippen LogP contribution is 2.47. The minimum Gasteiger partial charge on any atom is -0.357 e. The van der Waals surface area contributed by atoms with Gasteiger partial charge in [-0.3, -0.25) is 4.99 Å². The number of hydrogen-bond donors (Lipinski definition) is 1. The molecule has 0 bridgehead atoms. The maximum atomic E-state index is 4.87. The van der Waals surface area contributed by atoms with Crippen molar-refractivity contribution in [2.45, 2.75) is 65.3 Å². The summed E-state index contributed by atoms with van der Waals surface area (Å²) in [5.74, 6) is 1.16. The second-order valence-electron chi connectivity index (χ2n) is 7.54. The molecule has 0 unspecified atom stereocenters. The fourth-order valence-corrected chi connectivity index (χ4v) is 3.54. The predicted molar refractivity (Wildman–Crippen MR) is 95.5 cm³/mol. The molecule has 0 radical (unpaired) electrons. The molecule has 1 N–H and O–H groups in total. The number of nitrogens with one attached hydrogen (secondary N) is 1. The van der Waals surface area contributed by atoms with Crippen LogP contribution in [0, 0.1) is 5.41 Å². The van der Waals surface area contributed by atoms with Gasteiger partial charge in [0.25, 0.3) is 0 Å². The van der Waals surface area contributed by atoms with Crippen LogP contribution in [0.25, 0.3) is 0 Å². The molecule has 0 atom stereocenters. The summed E-state index contributed by atoms with van der Waals surface area (Å²) in [6.07, 6.45) is 8.10. The minimum atomic E-state index is 0.643. The molecule has 4 heteroatoms. The molecule has 0 amide bonds. The van der Waals surface area contributed by atoms with Crippen molar-refractivity contribution >= 4 is 5.96 Å². The molecule has 1 aliphatic heterocycles. The van der Waals surface area contributed by atoms with Crippen molar-refractivity contribution in [2.75, 3.05) is 39.8 Å². The zero-order chi connectivity index (χ0) is 16.0. The van der Waals surface area contributed by atoms with E-state index in [2.05, 4.69) is 42.9 Å². The van der Waals surface area contributed by atoms with Gasteiger partial charge < -0.3 is 15.1 Å². The van der Waals surface area contributed by atoms with Crippen LogP contribution in [-0.2, 0) is 0 Å². The Kier molecular flexibility index (Phi) is 6.54. The smallest absolute Gasteiger partial charge is 0.193 e. The number of nitrogens with zero attached hydrogens (tertiary/aromatic N) is 3. The minimum absolute atomic E-state index is 0.643. The van der Waals surface area contributed by atoms with E-state index in [9.17, 15) is 0 Å². The Morgan fingerprint density at radius 1 is 1.27 bits per heavy atom. The average Bonchev–Trinajstić information content (AvgIpc) is 2.91. The summed E-state index contributed by atoms with van der Waals surface area (Å²) in [5, 5.41) is 3.49. The van der Waals surface area contributed by atoms with Crippen LogP contribution in [0.1, 0.15) is 59.3 Å². The Morgan fingerprint density at radius 2 is 2.05 bits per heavy atom. The highest BCUT2D eigenvalue weighted by Gasteiger charge is 2.43. The summed E-state index contributed by atoms with van der Waals surface area (Å²) < 4.78 is 0. The Hall–Kier alpha value is -0.770. The lowest BCUT2D eigenvalue weighted by molar-refractivity contribution is 0.151. The molecule has 1 spiro atoms. The largest absolute Gasteiger partial charge is 0.357 e. The van der Waals surface area contributed by atoms with Crippen molar-refractivity contribution in [3.63, 3.8) is 0 Å². The molecular formula is C18H36N4. The molecule has 0 aromatic rings. The summed E-state index contributed by atoms with van der Waals surface area (Å²) in [6.45, 7) is 12.2. The quantitative estimate of drug-likeness (QED) is 0.446. The summed E-state index contributed by atoms with van der Waals surface area (Å²) in [4.78, 5) is 9.79. The van der Waals surface area contributed by atoms with Crippen molar-refractivity contribution in [3.05, 3.63) is 0 Å². The standard InChI is InChI=1S/C18H36N4/c1-5-19-17(20-12-6-7-13-21(4)16(2)3)22-14-11-18(15-22)9-8-10-18/h16H,5-15H2,1-4H3,(H,19,20). The molecule has 1 aliphatic carbocycles. The van der Waals surface area contributed by atoms with Crippen LogP contribution >= 0.6 is 0 Å². The fourth-order valence-electron chi connectivity index (χ4n) is 3.54. The molecule has 0 aromatic carbocycles. The summed E-state index contributed by atoms with van der Waals surface area (Å²) in [5.41, 5.74) is 0.649. The van der Waals surface area contributed by atoms with Gasteiger partial charge in [-0.15, -0.1) is 0 Å². The van der Waals surface area contributed by atoms with E-state index in [1.165, 1.54) is 58.2 Å². The lowest BCUT2D eigenvalue weighted by atomic mass is 9.68. The van der Waals surface area contributed by atoms with Crippen molar-refractivity contribution in [1.29, 1.82) is 0 Å². The van der Waals surface area contributed by atoms with E-state index in [0.29, 0.717) is 11.5 Å². The molecular weight excluding hydrogens is 272 g/mol. The van der Waals surface area contributed by atoms with E-state index in [1.807, 2.05) is 0 Å². The number of guanidine groups is 1. The summed E-state index contributed by atoms with van der Waals surface area (Å²) in [7, 11) is 2.21. The zero-order valence-corrected chi connectivity index (χ0v) is 15.2. The maximum Gasteiger partial charge on any atom is 0.193 e. The van der Waals surface area contributed by atoms with Crippen LogP contribution in [-0.4, -0.2) is 61.6 Å². The number of hydrogen-bond acceptors (Lipinski definition) is 2. The van der Waals surface area contributed by atoms with E-state index >= 15 is 0 Å². The first-order chi connectivity index (χ1) is 10.6. The molecule has 2 aliphatic rings. The number of rotatable bonds is 7. The van der Waals surface area contributed by atoms with Crippen LogP contribution in [0.5, 0.6) is 0 Å². The van der Waals surface area contributed by atoms with Crippen LogP contribution in [0.15, 0.2) is 4.99 Å². The monoisotopic (exact) mass is 308 g/mol. The second kappa shape index (κ2) is 8.19. The molecule has 22 heavy (non-hydrogen) atoms. The molecule has 1 saturated heterocycles. The molecule has 1 heterocycles. The van der Waals surface area contributed by atoms with Gasteiger partial charge in [-0.05, 0) is 71.9 Å². The Bertz CT molecular complexity index is 360. The van der Waals surface area contributed by atoms with Crippen molar-refractivity contribution in [1.82, 2.24) is 15.1 Å². The van der Waals surface area contributed by atoms with Crippen LogP contribution in [0.4, 0.5) is 0 Å². The topological polar surface area (TPSA) is 30.9 Å².